The van der Waals surface area contributed by atoms with Crippen molar-refractivity contribution in [3.05, 3.63) is 30.3 Å². The van der Waals surface area contributed by atoms with Crippen LogP contribution in [0.15, 0.2) is 30.3 Å². The van der Waals surface area contributed by atoms with Gasteiger partial charge in [0.25, 0.3) is 0 Å². The minimum absolute atomic E-state index is 1.08. The van der Waals surface area contributed by atoms with Gasteiger partial charge in [-0.05, 0) is 12.1 Å². The Bertz CT molecular complexity index is 291. The highest BCUT2D eigenvalue weighted by Gasteiger charge is 2.19. The molecule has 1 aliphatic heterocycles. The van der Waals surface area contributed by atoms with Crippen LogP contribution in [0.3, 0.4) is 0 Å². The summed E-state index contributed by atoms with van der Waals surface area (Å²) < 4.78 is 0. The second-order valence-electron chi connectivity index (χ2n) is 4.53. The predicted octanol–water partition coefficient (Wildman–Crippen LogP) is -0.976. The molecular formula is C13H23N3+2. The van der Waals surface area contributed by atoms with Gasteiger partial charge in [0, 0.05) is 12.1 Å². The number of piperazine rings is 1. The topological polar surface area (TPSA) is 35.3 Å². The third-order valence-electron chi connectivity index (χ3n) is 3.37. The summed E-state index contributed by atoms with van der Waals surface area (Å²) in [5.74, 6) is 0. The average molecular weight is 221 g/mol. The monoisotopic (exact) mass is 221 g/mol. The van der Waals surface area contributed by atoms with E-state index in [1.165, 1.54) is 44.8 Å². The molecule has 1 saturated heterocycles. The van der Waals surface area contributed by atoms with E-state index >= 15 is 0 Å². The molecule has 0 spiro atoms. The smallest absolute Gasteiger partial charge is 0.0949 e. The van der Waals surface area contributed by atoms with Gasteiger partial charge in [-0.3, -0.25) is 0 Å². The van der Waals surface area contributed by atoms with Crippen LogP contribution in [-0.4, -0.2) is 39.3 Å². The zero-order valence-electron chi connectivity index (χ0n) is 9.99. The van der Waals surface area contributed by atoms with Crippen LogP contribution in [-0.2, 0) is 0 Å². The van der Waals surface area contributed by atoms with E-state index in [2.05, 4.69) is 41.0 Å². The third kappa shape index (κ3) is 2.97. The number of hydrogen-bond acceptors (Lipinski definition) is 1. The lowest BCUT2D eigenvalue weighted by molar-refractivity contribution is -0.901. The molecule has 1 aliphatic rings. The van der Waals surface area contributed by atoms with Crippen LogP contribution < -0.4 is 15.5 Å². The van der Waals surface area contributed by atoms with E-state index in [4.69, 9.17) is 0 Å². The van der Waals surface area contributed by atoms with Crippen molar-refractivity contribution in [2.75, 3.05) is 44.2 Å². The van der Waals surface area contributed by atoms with Crippen molar-refractivity contribution in [1.29, 1.82) is 0 Å². The third-order valence-corrected chi connectivity index (χ3v) is 3.37. The van der Waals surface area contributed by atoms with E-state index in [0.717, 1.165) is 6.54 Å². The van der Waals surface area contributed by atoms with Crippen LogP contribution >= 0.6 is 0 Å². The highest BCUT2D eigenvalue weighted by molar-refractivity contribution is 5.45. The van der Waals surface area contributed by atoms with Gasteiger partial charge in [0.2, 0.25) is 0 Å². The molecule has 1 aromatic rings. The number of hydrogen-bond donors (Lipinski definition) is 2. The van der Waals surface area contributed by atoms with Crippen molar-refractivity contribution in [3.63, 3.8) is 0 Å². The maximum atomic E-state index is 3.91. The summed E-state index contributed by atoms with van der Waals surface area (Å²) in [7, 11) is 0. The first-order chi connectivity index (χ1) is 7.90. The van der Waals surface area contributed by atoms with Gasteiger partial charge in [0.15, 0.2) is 0 Å². The Balaban J connectivity index is 1.81. The molecule has 2 rings (SSSR count). The molecule has 0 unspecified atom stereocenters. The molecule has 3 nitrogen and oxygen atoms in total. The largest absolute Gasteiger partial charge is 0.360 e. The van der Waals surface area contributed by atoms with Crippen LogP contribution in [0.5, 0.6) is 0 Å². The zero-order valence-corrected chi connectivity index (χ0v) is 9.99. The second kappa shape index (κ2) is 5.87. The summed E-state index contributed by atoms with van der Waals surface area (Å²) in [6.07, 6.45) is 1.26. The maximum absolute atomic E-state index is 3.91. The molecule has 0 atom stereocenters. The Morgan fingerprint density at radius 1 is 1.12 bits per heavy atom. The summed E-state index contributed by atoms with van der Waals surface area (Å²) in [6, 6.07) is 10.7. The van der Waals surface area contributed by atoms with Crippen molar-refractivity contribution < 1.29 is 10.6 Å². The lowest BCUT2D eigenvalue weighted by atomic mass is 10.2. The number of anilines is 1. The number of nitrogens with zero attached hydrogens (tertiary/aromatic N) is 1. The number of nitrogens with one attached hydrogen (secondary N) is 1. The highest BCUT2D eigenvalue weighted by atomic mass is 15.3. The van der Waals surface area contributed by atoms with Gasteiger partial charge in [-0.2, -0.15) is 0 Å². The van der Waals surface area contributed by atoms with E-state index < -0.39 is 0 Å². The summed E-state index contributed by atoms with van der Waals surface area (Å²) in [5.41, 5.74) is 5.28. The summed E-state index contributed by atoms with van der Waals surface area (Å²) >= 11 is 0. The first-order valence-corrected chi connectivity index (χ1v) is 6.33. The Kier molecular flexibility index (Phi) is 4.19. The zero-order chi connectivity index (χ0) is 11.2. The number of quaternary nitrogens is 2. The minimum Gasteiger partial charge on any atom is -0.360 e. The Hall–Kier alpha value is -1.06. The molecule has 0 aliphatic carbocycles. The number of benzene rings is 1. The average Bonchev–Trinajstić information content (AvgIpc) is 2.38. The first kappa shape index (κ1) is 11.4. The van der Waals surface area contributed by atoms with Crippen LogP contribution in [0.4, 0.5) is 5.69 Å². The van der Waals surface area contributed by atoms with Crippen molar-refractivity contribution in [3.8, 4) is 0 Å². The molecule has 1 fully saturated rings. The highest BCUT2D eigenvalue weighted by Crippen LogP contribution is 2.12. The van der Waals surface area contributed by atoms with Crippen LogP contribution in [0, 0.1) is 0 Å². The summed E-state index contributed by atoms with van der Waals surface area (Å²) in [5, 5.41) is 0. The Morgan fingerprint density at radius 2 is 1.81 bits per heavy atom. The molecular weight excluding hydrogens is 198 g/mol. The normalized spacial score (nSPS) is 17.7. The van der Waals surface area contributed by atoms with Gasteiger partial charge < -0.3 is 15.5 Å². The molecule has 16 heavy (non-hydrogen) atoms. The summed E-state index contributed by atoms with van der Waals surface area (Å²) in [6.45, 7) is 7.30. The van der Waals surface area contributed by atoms with Crippen molar-refractivity contribution in [1.82, 2.24) is 0 Å². The fourth-order valence-corrected chi connectivity index (χ4v) is 2.34. The molecule has 4 N–H and O–H groups in total. The van der Waals surface area contributed by atoms with Crippen molar-refractivity contribution in [2.24, 2.45) is 0 Å². The molecule has 0 saturated carbocycles. The quantitative estimate of drug-likeness (QED) is 0.674. The van der Waals surface area contributed by atoms with Gasteiger partial charge in [-0.25, -0.2) is 0 Å². The first-order valence-electron chi connectivity index (χ1n) is 6.33. The lowest BCUT2D eigenvalue weighted by Gasteiger charge is -2.33. The van der Waals surface area contributed by atoms with Crippen LogP contribution in [0.1, 0.15) is 6.42 Å². The van der Waals surface area contributed by atoms with E-state index in [-0.39, 0.29) is 0 Å². The van der Waals surface area contributed by atoms with Gasteiger partial charge in [0.1, 0.15) is 0 Å². The van der Waals surface area contributed by atoms with Gasteiger partial charge >= 0.3 is 0 Å². The van der Waals surface area contributed by atoms with Gasteiger partial charge in [-0.15, -0.1) is 0 Å². The molecule has 88 valence electrons. The number of para-hydroxylation sites is 1. The molecule has 3 heteroatoms. The van der Waals surface area contributed by atoms with Crippen molar-refractivity contribution >= 4 is 5.69 Å². The van der Waals surface area contributed by atoms with Crippen LogP contribution in [0.25, 0.3) is 0 Å². The molecule has 1 heterocycles. The fraction of sp³-hybridized carbons (Fsp3) is 0.538. The molecule has 0 bridgehead atoms. The van der Waals surface area contributed by atoms with E-state index in [9.17, 15) is 0 Å². The molecule has 0 radical (unpaired) electrons. The Morgan fingerprint density at radius 3 is 2.44 bits per heavy atom. The molecule has 1 aromatic carbocycles. The second-order valence-corrected chi connectivity index (χ2v) is 4.53. The van der Waals surface area contributed by atoms with Gasteiger partial charge in [0.05, 0.1) is 39.3 Å². The van der Waals surface area contributed by atoms with E-state index in [1.807, 2.05) is 0 Å². The lowest BCUT2D eigenvalue weighted by Crippen LogP contribution is -3.15. The van der Waals surface area contributed by atoms with Gasteiger partial charge in [-0.1, -0.05) is 18.2 Å². The molecule has 0 aromatic heterocycles. The van der Waals surface area contributed by atoms with Crippen molar-refractivity contribution in [2.45, 2.75) is 6.42 Å². The molecule has 0 amide bonds. The predicted molar refractivity (Wildman–Crippen MR) is 66.6 cm³/mol. The fourth-order valence-electron chi connectivity index (χ4n) is 2.34. The Labute approximate surface area is 97.8 Å². The summed E-state index contributed by atoms with van der Waals surface area (Å²) in [4.78, 5) is 4.24. The minimum atomic E-state index is 1.08. The number of rotatable bonds is 4. The maximum Gasteiger partial charge on any atom is 0.0949 e. The SMILES string of the molecule is [NH3+]CCC[NH+]1CCN(c2ccccc2)CC1. The van der Waals surface area contributed by atoms with E-state index in [0.29, 0.717) is 0 Å². The standard InChI is InChI=1S/C13H21N3/c14-7-4-8-15-9-11-16(12-10-15)13-5-2-1-3-6-13/h1-3,5-6H,4,7-12,14H2/p+2. The van der Waals surface area contributed by atoms with Crippen LogP contribution in [0.2, 0.25) is 0 Å². The van der Waals surface area contributed by atoms with E-state index in [1.54, 1.807) is 4.90 Å².